The summed E-state index contributed by atoms with van der Waals surface area (Å²) in [6, 6.07) is 2.46. The largest absolute Gasteiger partial charge is 0.477 e. The molecule has 1 fully saturated rings. The molecule has 0 aromatic carbocycles. The van der Waals surface area contributed by atoms with Gasteiger partial charge in [0.1, 0.15) is 23.4 Å². The fourth-order valence-electron chi connectivity index (χ4n) is 3.98. The molecule has 11 heteroatoms. The molecule has 2 aliphatic heterocycles. The van der Waals surface area contributed by atoms with Crippen molar-refractivity contribution in [3.63, 3.8) is 0 Å². The van der Waals surface area contributed by atoms with E-state index < -0.39 is 23.9 Å². The maximum atomic E-state index is 14.5. The summed E-state index contributed by atoms with van der Waals surface area (Å²) in [6.07, 6.45) is 2.17. The lowest BCUT2D eigenvalue weighted by Gasteiger charge is -2.27. The SMILES string of the molecule is Nc1nn2ccc3nc2c1C(=O)NCCCOc1ncc(F)cc1C1CC(F)CN31. The molecule has 2 atom stereocenters. The normalized spacial score (nSPS) is 21.7. The van der Waals surface area contributed by atoms with Crippen LogP contribution in [0.2, 0.25) is 0 Å². The van der Waals surface area contributed by atoms with Gasteiger partial charge in [0.15, 0.2) is 11.5 Å². The second kappa shape index (κ2) is 7.08. The van der Waals surface area contributed by atoms with Crippen LogP contribution in [-0.4, -0.2) is 51.4 Å². The third-order valence-corrected chi connectivity index (χ3v) is 5.32. The van der Waals surface area contributed by atoms with Crippen LogP contribution in [0.4, 0.5) is 20.4 Å². The molecule has 0 saturated carbocycles. The zero-order valence-corrected chi connectivity index (χ0v) is 15.9. The van der Waals surface area contributed by atoms with Gasteiger partial charge >= 0.3 is 0 Å². The van der Waals surface area contributed by atoms with Crippen LogP contribution in [-0.2, 0) is 0 Å². The molecule has 0 spiro atoms. The van der Waals surface area contributed by atoms with Gasteiger partial charge in [-0.1, -0.05) is 0 Å². The molecular formula is C19H19F2N7O2. The Morgan fingerprint density at radius 3 is 3.10 bits per heavy atom. The first kappa shape index (κ1) is 18.5. The molecule has 2 bridgehead atoms. The molecule has 5 heterocycles. The van der Waals surface area contributed by atoms with Crippen molar-refractivity contribution >= 4 is 23.2 Å². The molecule has 1 amide bonds. The number of alkyl halides is 1. The zero-order valence-electron chi connectivity index (χ0n) is 15.9. The molecule has 2 aliphatic rings. The molecule has 156 valence electrons. The van der Waals surface area contributed by atoms with Gasteiger partial charge in [0.05, 0.1) is 25.4 Å². The predicted molar refractivity (Wildman–Crippen MR) is 104 cm³/mol. The number of rotatable bonds is 0. The van der Waals surface area contributed by atoms with Gasteiger partial charge in [-0.2, -0.15) is 0 Å². The minimum Gasteiger partial charge on any atom is -0.477 e. The van der Waals surface area contributed by atoms with Gasteiger partial charge in [0.2, 0.25) is 5.88 Å². The highest BCUT2D eigenvalue weighted by molar-refractivity contribution is 6.04. The first-order valence-electron chi connectivity index (χ1n) is 9.63. The highest BCUT2D eigenvalue weighted by atomic mass is 19.1. The van der Waals surface area contributed by atoms with E-state index in [-0.39, 0.29) is 42.5 Å². The fourth-order valence-corrected chi connectivity index (χ4v) is 3.98. The molecule has 1 saturated heterocycles. The van der Waals surface area contributed by atoms with Crippen LogP contribution in [0.3, 0.4) is 0 Å². The first-order chi connectivity index (χ1) is 14.5. The Kier molecular flexibility index (Phi) is 4.37. The Morgan fingerprint density at radius 2 is 2.23 bits per heavy atom. The minimum absolute atomic E-state index is 0.0541. The monoisotopic (exact) mass is 415 g/mol. The van der Waals surface area contributed by atoms with E-state index in [1.54, 1.807) is 17.2 Å². The number of pyridine rings is 1. The lowest BCUT2D eigenvalue weighted by atomic mass is 10.1. The smallest absolute Gasteiger partial charge is 0.258 e. The average Bonchev–Trinajstić information content (AvgIpc) is 3.26. The van der Waals surface area contributed by atoms with Gasteiger partial charge in [-0.25, -0.2) is 23.3 Å². The number of nitrogen functional groups attached to an aromatic ring is 1. The molecule has 0 aliphatic carbocycles. The number of ether oxygens (including phenoxy) is 1. The number of nitrogens with one attached hydrogen (secondary N) is 1. The molecule has 9 nitrogen and oxygen atoms in total. The van der Waals surface area contributed by atoms with E-state index in [4.69, 9.17) is 10.5 Å². The van der Waals surface area contributed by atoms with Crippen molar-refractivity contribution in [2.45, 2.75) is 25.1 Å². The first-order valence-corrected chi connectivity index (χ1v) is 9.63. The summed E-state index contributed by atoms with van der Waals surface area (Å²) in [4.78, 5) is 23.0. The standard InChI is InChI=1S/C19H19F2N7O2/c20-10-6-12-13-7-11(21)9-27(13)14-2-4-28-17(25-14)15(16(22)26-28)18(29)23-3-1-5-30-19(12)24-8-10/h2,4,6,8,11,13H,1,3,5,7,9H2,(H2,22,26)(H,23,29). The van der Waals surface area contributed by atoms with Crippen molar-refractivity contribution in [1.29, 1.82) is 0 Å². The number of amides is 1. The number of hydrogen-bond donors (Lipinski definition) is 2. The summed E-state index contributed by atoms with van der Waals surface area (Å²) >= 11 is 0. The van der Waals surface area contributed by atoms with Gasteiger partial charge < -0.3 is 20.7 Å². The Labute approximate surface area is 169 Å². The average molecular weight is 415 g/mol. The summed E-state index contributed by atoms with van der Waals surface area (Å²) in [7, 11) is 0. The Bertz CT molecular complexity index is 1140. The number of hydrogen-bond acceptors (Lipinski definition) is 7. The summed E-state index contributed by atoms with van der Waals surface area (Å²) < 4.78 is 35.7. The summed E-state index contributed by atoms with van der Waals surface area (Å²) in [5.74, 6) is -0.194. The predicted octanol–water partition coefficient (Wildman–Crippen LogP) is 1.65. The minimum atomic E-state index is -1.14. The van der Waals surface area contributed by atoms with Crippen LogP contribution < -0.4 is 20.7 Å². The maximum absolute atomic E-state index is 14.5. The fraction of sp³-hybridized carbons (Fsp3) is 0.368. The van der Waals surface area contributed by atoms with E-state index in [2.05, 4.69) is 20.4 Å². The van der Waals surface area contributed by atoms with Gasteiger partial charge in [0, 0.05) is 24.7 Å². The number of nitrogens with zero attached hydrogens (tertiary/aromatic N) is 5. The van der Waals surface area contributed by atoms with Crippen molar-refractivity contribution in [3.8, 4) is 5.88 Å². The van der Waals surface area contributed by atoms with E-state index in [1.807, 2.05) is 0 Å². The van der Waals surface area contributed by atoms with Gasteiger partial charge in [0.25, 0.3) is 5.91 Å². The van der Waals surface area contributed by atoms with Gasteiger partial charge in [-0.05, 0) is 18.6 Å². The van der Waals surface area contributed by atoms with E-state index >= 15 is 0 Å². The van der Waals surface area contributed by atoms with Crippen LogP contribution in [0.15, 0.2) is 24.5 Å². The number of fused-ring (bicyclic) bond motifs is 5. The number of aromatic nitrogens is 4. The third kappa shape index (κ3) is 3.06. The van der Waals surface area contributed by atoms with Crippen LogP contribution in [0.1, 0.15) is 34.8 Å². The molecule has 2 unspecified atom stereocenters. The highest BCUT2D eigenvalue weighted by Gasteiger charge is 2.37. The molecule has 3 aromatic heterocycles. The molecule has 3 aromatic rings. The highest BCUT2D eigenvalue weighted by Crippen LogP contribution is 2.40. The molecule has 0 radical (unpaired) electrons. The van der Waals surface area contributed by atoms with E-state index in [1.165, 1.54) is 10.6 Å². The third-order valence-electron chi connectivity index (χ3n) is 5.32. The van der Waals surface area contributed by atoms with E-state index in [9.17, 15) is 13.6 Å². The number of carbonyl (C=O) groups is 1. The Morgan fingerprint density at radius 1 is 1.37 bits per heavy atom. The lowest BCUT2D eigenvalue weighted by molar-refractivity contribution is 0.0953. The quantitative estimate of drug-likeness (QED) is 0.574. The zero-order chi connectivity index (χ0) is 20.8. The van der Waals surface area contributed by atoms with Crippen LogP contribution in [0.25, 0.3) is 5.65 Å². The Hall–Kier alpha value is -3.50. The lowest BCUT2D eigenvalue weighted by Crippen LogP contribution is -2.28. The molecule has 30 heavy (non-hydrogen) atoms. The van der Waals surface area contributed by atoms with Crippen molar-refractivity contribution in [3.05, 3.63) is 41.5 Å². The maximum Gasteiger partial charge on any atom is 0.258 e. The van der Waals surface area contributed by atoms with Crippen LogP contribution in [0.5, 0.6) is 5.88 Å². The van der Waals surface area contributed by atoms with Crippen molar-refractivity contribution in [2.75, 3.05) is 30.3 Å². The summed E-state index contributed by atoms with van der Waals surface area (Å²) in [5, 5.41) is 6.91. The number of nitrogens with two attached hydrogens (primary N) is 1. The second-order valence-corrected chi connectivity index (χ2v) is 7.32. The topological polar surface area (TPSA) is 111 Å². The summed E-state index contributed by atoms with van der Waals surface area (Å²) in [5.41, 5.74) is 6.85. The van der Waals surface area contributed by atoms with E-state index in [0.29, 0.717) is 24.3 Å². The molecule has 5 rings (SSSR count). The van der Waals surface area contributed by atoms with Crippen molar-refractivity contribution < 1.29 is 18.3 Å². The van der Waals surface area contributed by atoms with Crippen LogP contribution >= 0.6 is 0 Å². The Balaban J connectivity index is 1.68. The second-order valence-electron chi connectivity index (χ2n) is 7.32. The summed E-state index contributed by atoms with van der Waals surface area (Å²) in [6.45, 7) is 0.642. The molecular weight excluding hydrogens is 396 g/mol. The van der Waals surface area contributed by atoms with Gasteiger partial charge in [-0.15, -0.1) is 5.10 Å². The van der Waals surface area contributed by atoms with Crippen LogP contribution in [0, 0.1) is 5.82 Å². The van der Waals surface area contributed by atoms with E-state index in [0.717, 1.165) is 6.20 Å². The number of carbonyl (C=O) groups excluding carboxylic acids is 1. The van der Waals surface area contributed by atoms with Crippen molar-refractivity contribution in [1.82, 2.24) is 24.9 Å². The number of halogens is 2. The molecule has 3 N–H and O–H groups in total. The number of anilines is 2. The van der Waals surface area contributed by atoms with Gasteiger partial charge in [-0.3, -0.25) is 4.79 Å². The van der Waals surface area contributed by atoms with Crippen molar-refractivity contribution in [2.24, 2.45) is 0 Å².